The van der Waals surface area contributed by atoms with Crippen molar-refractivity contribution in [2.24, 2.45) is 0 Å². The van der Waals surface area contributed by atoms with Crippen LogP contribution in [0, 0.1) is 0 Å². The van der Waals surface area contributed by atoms with Gasteiger partial charge in [0.1, 0.15) is 5.75 Å². The van der Waals surface area contributed by atoms with Crippen LogP contribution in [-0.4, -0.2) is 11.7 Å². The SMILES string of the molecule is C=CCCCCCNCc1ccccc1O. The van der Waals surface area contributed by atoms with E-state index in [4.69, 9.17) is 0 Å². The van der Waals surface area contributed by atoms with Gasteiger partial charge in [0.05, 0.1) is 0 Å². The molecule has 0 heterocycles. The molecule has 1 rings (SSSR count). The molecule has 0 aromatic heterocycles. The largest absolute Gasteiger partial charge is 0.508 e. The molecule has 0 aliphatic rings. The van der Waals surface area contributed by atoms with Crippen LogP contribution >= 0.6 is 0 Å². The zero-order valence-electron chi connectivity index (χ0n) is 9.78. The van der Waals surface area contributed by atoms with Crippen LogP contribution in [0.3, 0.4) is 0 Å². The third kappa shape index (κ3) is 4.99. The Balaban J connectivity index is 2.07. The van der Waals surface area contributed by atoms with Crippen molar-refractivity contribution in [2.45, 2.75) is 32.2 Å². The maximum absolute atomic E-state index is 9.53. The lowest BCUT2D eigenvalue weighted by atomic mass is 10.2. The molecule has 2 N–H and O–H groups in total. The molecule has 0 amide bonds. The Labute approximate surface area is 98.0 Å². The first-order valence-electron chi connectivity index (χ1n) is 5.93. The monoisotopic (exact) mass is 219 g/mol. The van der Waals surface area contributed by atoms with Gasteiger partial charge in [0.2, 0.25) is 0 Å². The van der Waals surface area contributed by atoms with Crippen LogP contribution in [0.1, 0.15) is 31.2 Å². The van der Waals surface area contributed by atoms with E-state index in [1.54, 1.807) is 6.07 Å². The molecule has 2 nitrogen and oxygen atoms in total. The molecule has 0 saturated carbocycles. The number of benzene rings is 1. The Morgan fingerprint density at radius 1 is 1.19 bits per heavy atom. The summed E-state index contributed by atoms with van der Waals surface area (Å²) in [7, 11) is 0. The molecule has 0 aliphatic carbocycles. The van der Waals surface area contributed by atoms with Gasteiger partial charge in [-0.25, -0.2) is 0 Å². The van der Waals surface area contributed by atoms with Gasteiger partial charge in [-0.2, -0.15) is 0 Å². The molecule has 0 atom stereocenters. The predicted molar refractivity (Wildman–Crippen MR) is 68.5 cm³/mol. The zero-order chi connectivity index (χ0) is 11.6. The van der Waals surface area contributed by atoms with Crippen molar-refractivity contribution >= 4 is 0 Å². The highest BCUT2D eigenvalue weighted by Gasteiger charge is 1.97. The van der Waals surface area contributed by atoms with Gasteiger partial charge in [-0.3, -0.25) is 0 Å². The molecule has 0 aliphatic heterocycles. The molecule has 0 fully saturated rings. The Bertz CT molecular complexity index is 309. The average Bonchev–Trinajstić information content (AvgIpc) is 2.30. The number of phenolic OH excluding ortho intramolecular Hbond substituents is 1. The first-order chi connectivity index (χ1) is 7.84. The van der Waals surface area contributed by atoms with E-state index in [2.05, 4.69) is 11.9 Å². The third-order valence-electron chi connectivity index (χ3n) is 2.57. The van der Waals surface area contributed by atoms with E-state index in [0.717, 1.165) is 25.1 Å². The minimum Gasteiger partial charge on any atom is -0.508 e. The fourth-order valence-electron chi connectivity index (χ4n) is 1.60. The summed E-state index contributed by atoms with van der Waals surface area (Å²) >= 11 is 0. The van der Waals surface area contributed by atoms with Gasteiger partial charge in [0.25, 0.3) is 0 Å². The predicted octanol–water partition coefficient (Wildman–Crippen LogP) is 3.23. The number of hydrogen-bond acceptors (Lipinski definition) is 2. The molecule has 0 bridgehead atoms. The number of nitrogens with one attached hydrogen (secondary N) is 1. The Kier molecular flexibility index (Phi) is 6.35. The minimum atomic E-state index is 0.377. The van der Waals surface area contributed by atoms with Crippen molar-refractivity contribution in [1.82, 2.24) is 5.32 Å². The number of unbranched alkanes of at least 4 members (excludes halogenated alkanes) is 3. The number of phenols is 1. The zero-order valence-corrected chi connectivity index (χ0v) is 9.78. The second-order valence-corrected chi connectivity index (χ2v) is 3.94. The Morgan fingerprint density at radius 3 is 2.75 bits per heavy atom. The van der Waals surface area contributed by atoms with E-state index in [1.165, 1.54) is 19.3 Å². The Hall–Kier alpha value is -1.28. The second-order valence-electron chi connectivity index (χ2n) is 3.94. The van der Waals surface area contributed by atoms with Crippen LogP contribution in [-0.2, 0) is 6.54 Å². The lowest BCUT2D eigenvalue weighted by molar-refractivity contribution is 0.464. The maximum atomic E-state index is 9.53. The Morgan fingerprint density at radius 2 is 2.00 bits per heavy atom. The van der Waals surface area contributed by atoms with Gasteiger partial charge >= 0.3 is 0 Å². The van der Waals surface area contributed by atoms with Crippen molar-refractivity contribution in [1.29, 1.82) is 0 Å². The summed E-state index contributed by atoms with van der Waals surface area (Å²) in [5, 5.41) is 12.9. The van der Waals surface area contributed by atoms with E-state index >= 15 is 0 Å². The molecule has 1 aromatic rings. The van der Waals surface area contributed by atoms with Crippen LogP contribution < -0.4 is 5.32 Å². The molecule has 0 radical (unpaired) electrons. The van der Waals surface area contributed by atoms with Gasteiger partial charge in [0, 0.05) is 12.1 Å². The molecular weight excluding hydrogens is 198 g/mol. The molecular formula is C14H21NO. The first kappa shape index (κ1) is 12.8. The van der Waals surface area contributed by atoms with E-state index in [-0.39, 0.29) is 0 Å². The highest BCUT2D eigenvalue weighted by atomic mass is 16.3. The fraction of sp³-hybridized carbons (Fsp3) is 0.429. The van der Waals surface area contributed by atoms with Crippen LogP contribution in [0.2, 0.25) is 0 Å². The van der Waals surface area contributed by atoms with Crippen LogP contribution in [0.15, 0.2) is 36.9 Å². The van der Waals surface area contributed by atoms with Gasteiger partial charge in [-0.1, -0.05) is 30.7 Å². The maximum Gasteiger partial charge on any atom is 0.120 e. The normalized spacial score (nSPS) is 10.2. The van der Waals surface area contributed by atoms with Crippen molar-refractivity contribution in [3.05, 3.63) is 42.5 Å². The summed E-state index contributed by atoms with van der Waals surface area (Å²) < 4.78 is 0. The fourth-order valence-corrected chi connectivity index (χ4v) is 1.60. The van der Waals surface area contributed by atoms with E-state index in [9.17, 15) is 5.11 Å². The van der Waals surface area contributed by atoms with Gasteiger partial charge < -0.3 is 10.4 Å². The number of aromatic hydroxyl groups is 1. The first-order valence-corrected chi connectivity index (χ1v) is 5.93. The molecule has 2 heteroatoms. The topological polar surface area (TPSA) is 32.3 Å². The summed E-state index contributed by atoms with van der Waals surface area (Å²) in [6.45, 7) is 5.45. The number of para-hydroxylation sites is 1. The lowest BCUT2D eigenvalue weighted by Gasteiger charge is -2.06. The van der Waals surface area contributed by atoms with Gasteiger partial charge in [-0.15, -0.1) is 6.58 Å². The summed E-state index contributed by atoms with van der Waals surface area (Å²) in [5.41, 5.74) is 0.966. The lowest BCUT2D eigenvalue weighted by Crippen LogP contribution is -2.14. The summed E-state index contributed by atoms with van der Waals surface area (Å²) in [4.78, 5) is 0. The van der Waals surface area contributed by atoms with Crippen LogP contribution in [0.4, 0.5) is 0 Å². The quantitative estimate of drug-likeness (QED) is 0.519. The smallest absolute Gasteiger partial charge is 0.120 e. The highest BCUT2D eigenvalue weighted by Crippen LogP contribution is 2.14. The van der Waals surface area contributed by atoms with Crippen LogP contribution in [0.25, 0.3) is 0 Å². The summed E-state index contributed by atoms with van der Waals surface area (Å²) in [5.74, 6) is 0.377. The number of rotatable bonds is 8. The van der Waals surface area contributed by atoms with E-state index < -0.39 is 0 Å². The third-order valence-corrected chi connectivity index (χ3v) is 2.57. The molecule has 16 heavy (non-hydrogen) atoms. The number of allylic oxidation sites excluding steroid dienone is 1. The van der Waals surface area contributed by atoms with Crippen molar-refractivity contribution in [2.75, 3.05) is 6.54 Å². The minimum absolute atomic E-state index is 0.377. The molecule has 88 valence electrons. The van der Waals surface area contributed by atoms with Crippen LogP contribution in [0.5, 0.6) is 5.75 Å². The highest BCUT2D eigenvalue weighted by molar-refractivity contribution is 5.31. The van der Waals surface area contributed by atoms with Crippen molar-refractivity contribution in [3.8, 4) is 5.75 Å². The van der Waals surface area contributed by atoms with E-state index in [0.29, 0.717) is 5.75 Å². The number of hydrogen-bond donors (Lipinski definition) is 2. The molecule has 0 saturated heterocycles. The summed E-state index contributed by atoms with van der Waals surface area (Å²) in [6, 6.07) is 7.45. The molecule has 0 unspecified atom stereocenters. The molecule has 0 spiro atoms. The van der Waals surface area contributed by atoms with Gasteiger partial charge in [0.15, 0.2) is 0 Å². The molecule has 1 aromatic carbocycles. The summed E-state index contributed by atoms with van der Waals surface area (Å²) in [6.07, 6.45) is 6.72. The van der Waals surface area contributed by atoms with E-state index in [1.807, 2.05) is 24.3 Å². The standard InChI is InChI=1S/C14H21NO/c1-2-3-4-5-8-11-15-12-13-9-6-7-10-14(13)16/h2,6-7,9-10,15-16H,1,3-5,8,11-12H2. The second kappa shape index (κ2) is 7.94. The average molecular weight is 219 g/mol. The van der Waals surface area contributed by atoms with Crippen molar-refractivity contribution < 1.29 is 5.11 Å². The van der Waals surface area contributed by atoms with Crippen molar-refractivity contribution in [3.63, 3.8) is 0 Å². The van der Waals surface area contributed by atoms with Gasteiger partial charge in [-0.05, 0) is 31.9 Å².